The highest BCUT2D eigenvalue weighted by molar-refractivity contribution is 7.90. The Bertz CT molecular complexity index is 3660. The summed E-state index contributed by atoms with van der Waals surface area (Å²) in [7, 11) is -1.16. The number of rotatable bonds is 33. The topological polar surface area (TPSA) is 345 Å². The monoisotopic (exact) mass is 1200 g/mol. The molecule has 2 bridgehead atoms. The first kappa shape index (κ1) is 63.3. The van der Waals surface area contributed by atoms with Crippen molar-refractivity contribution in [3.8, 4) is 11.5 Å². The second-order valence-corrected chi connectivity index (χ2v) is 24.5. The van der Waals surface area contributed by atoms with Crippen molar-refractivity contribution in [3.63, 3.8) is 0 Å². The Morgan fingerprint density at radius 1 is 0.895 bits per heavy atom. The van der Waals surface area contributed by atoms with Crippen LogP contribution in [-0.4, -0.2) is 120 Å². The van der Waals surface area contributed by atoms with E-state index in [2.05, 4.69) is 102 Å². The maximum absolute atomic E-state index is 13.8. The van der Waals surface area contributed by atoms with Crippen molar-refractivity contribution in [3.05, 3.63) is 144 Å². The van der Waals surface area contributed by atoms with Crippen molar-refractivity contribution >= 4 is 50.2 Å². The number of aromatic nitrogens is 6. The predicted octanol–water partition coefficient (Wildman–Crippen LogP) is 8.18. The minimum Gasteiger partial charge on any atom is -0.496 e. The molecule has 3 amide bonds. The van der Waals surface area contributed by atoms with Gasteiger partial charge in [-0.15, -0.1) is 5.10 Å². The number of nitro groups is 1. The standard InChI is InChI=1S/C59H74N14O12S/c1-58(2,22-10-7-8-11-24-65-69-60)41-32-49(82-5)53(50(33-41)83-6)44-31-40(45-34-46(44)59(45,3)4)35-64-51(74)16-9-12-23-62-57(77)39-17-20-52(75)72(36-39)86(80,81)43-15-13-14-38(30-43)56(76)63-25-21-42-37-71(70-66-42)27-29-84-28-26-61-47-18-19-48(73(78)79)55-54(47)67-85-68-55/h13-15,17-20,30-33,36-37,44-46,61H,7-12,16,21-29,34-35H2,1-6H3,(H,62,77)(H,63,76)(H,64,74)/t44-,45+,46-/m0/s1. The Morgan fingerprint density at radius 2 is 1.64 bits per heavy atom. The van der Waals surface area contributed by atoms with E-state index in [0.717, 1.165) is 79.5 Å². The molecule has 0 saturated heterocycles. The summed E-state index contributed by atoms with van der Waals surface area (Å²) in [6, 6.07) is 14.6. The summed E-state index contributed by atoms with van der Waals surface area (Å²) < 4.78 is 52.3. The number of fused-ring (bicyclic) bond motifs is 2. The lowest BCUT2D eigenvalue weighted by atomic mass is 9.45. The summed E-state index contributed by atoms with van der Waals surface area (Å²) in [5, 5.41) is 42.2. The van der Waals surface area contributed by atoms with Crippen LogP contribution in [0.5, 0.6) is 11.5 Å². The number of unbranched alkanes of at least 4 members (excludes halogenated alkanes) is 4. The van der Waals surface area contributed by atoms with Gasteiger partial charge in [0.05, 0.1) is 60.7 Å². The minimum absolute atomic E-state index is 0.0152. The van der Waals surface area contributed by atoms with Gasteiger partial charge in [-0.3, -0.25) is 29.3 Å². The van der Waals surface area contributed by atoms with Gasteiger partial charge in [-0.1, -0.05) is 75.0 Å². The number of carbonyl (C=O) groups excluding carboxylic acids is 3. The molecule has 1 fully saturated rings. The minimum atomic E-state index is -4.56. The van der Waals surface area contributed by atoms with Gasteiger partial charge >= 0.3 is 5.69 Å². The van der Waals surface area contributed by atoms with Crippen LogP contribution < -0.4 is 36.3 Å². The normalized spacial score (nSPS) is 16.1. The van der Waals surface area contributed by atoms with Crippen LogP contribution >= 0.6 is 0 Å². The van der Waals surface area contributed by atoms with Gasteiger partial charge in [-0.25, -0.2) is 21.7 Å². The molecule has 3 atom stereocenters. The summed E-state index contributed by atoms with van der Waals surface area (Å²) in [6.45, 7) is 11.7. The zero-order valence-electron chi connectivity index (χ0n) is 49.2. The van der Waals surface area contributed by atoms with Crippen LogP contribution in [0.4, 0.5) is 11.4 Å². The van der Waals surface area contributed by atoms with Crippen LogP contribution in [0.25, 0.3) is 21.5 Å². The molecule has 0 spiro atoms. The fourth-order valence-electron chi connectivity index (χ4n) is 11.4. The number of carbonyl (C=O) groups is 3. The third-order valence-electron chi connectivity index (χ3n) is 16.4. The largest absolute Gasteiger partial charge is 0.496 e. The molecule has 3 aromatic carbocycles. The molecule has 86 heavy (non-hydrogen) atoms. The zero-order valence-corrected chi connectivity index (χ0v) is 50.1. The number of nitrogens with one attached hydrogen (secondary N) is 4. The molecule has 9 rings (SSSR count). The second-order valence-electron chi connectivity index (χ2n) is 22.7. The number of nitrogens with zero attached hydrogens (tertiary/aromatic N) is 10. The van der Waals surface area contributed by atoms with E-state index in [0.29, 0.717) is 85.8 Å². The molecule has 1 saturated carbocycles. The van der Waals surface area contributed by atoms with Gasteiger partial charge in [0.15, 0.2) is 5.52 Å². The van der Waals surface area contributed by atoms with Crippen molar-refractivity contribution in [1.29, 1.82) is 0 Å². The molecule has 3 aliphatic rings. The van der Waals surface area contributed by atoms with Crippen molar-refractivity contribution in [2.24, 2.45) is 22.4 Å². The average molecular weight is 1200 g/mol. The fraction of sp³-hybridized carbons (Fsp3) is 0.492. The third-order valence-corrected chi connectivity index (χ3v) is 18.1. The number of methoxy groups -OCH3 is 2. The van der Waals surface area contributed by atoms with Gasteiger partial charge < -0.3 is 35.5 Å². The molecular weight excluding hydrogens is 1130 g/mol. The fourth-order valence-corrected chi connectivity index (χ4v) is 12.7. The number of ether oxygens (including phenoxy) is 3. The Morgan fingerprint density at radius 3 is 2.38 bits per heavy atom. The summed E-state index contributed by atoms with van der Waals surface area (Å²) in [5.41, 5.74) is 11.9. The van der Waals surface area contributed by atoms with E-state index < -0.39 is 32.3 Å². The number of amides is 3. The molecule has 27 heteroatoms. The Labute approximate surface area is 497 Å². The maximum atomic E-state index is 13.8. The van der Waals surface area contributed by atoms with Crippen LogP contribution in [0.2, 0.25) is 0 Å². The van der Waals surface area contributed by atoms with Gasteiger partial charge in [0.25, 0.3) is 27.4 Å². The number of anilines is 1. The zero-order chi connectivity index (χ0) is 61.6. The van der Waals surface area contributed by atoms with E-state index in [9.17, 15) is 37.7 Å². The molecule has 0 radical (unpaired) electrons. The van der Waals surface area contributed by atoms with Gasteiger partial charge in [-0.05, 0) is 119 Å². The molecule has 6 aromatic rings. The molecule has 3 aliphatic carbocycles. The van der Waals surface area contributed by atoms with Crippen LogP contribution in [0.3, 0.4) is 0 Å². The van der Waals surface area contributed by atoms with Crippen LogP contribution in [0.1, 0.15) is 129 Å². The molecule has 26 nitrogen and oxygen atoms in total. The Kier molecular flexibility index (Phi) is 21.0. The number of benzene rings is 3. The van der Waals surface area contributed by atoms with Gasteiger partial charge in [0.1, 0.15) is 11.5 Å². The van der Waals surface area contributed by atoms with E-state index >= 15 is 0 Å². The lowest BCUT2D eigenvalue weighted by molar-refractivity contribution is -0.383. The first-order valence-electron chi connectivity index (χ1n) is 28.8. The number of hydrogen-bond donors (Lipinski definition) is 4. The molecule has 4 N–H and O–H groups in total. The van der Waals surface area contributed by atoms with Gasteiger partial charge in [0, 0.05) is 92.0 Å². The molecule has 0 aliphatic heterocycles. The number of nitro benzene ring substituents is 1. The molecule has 0 unspecified atom stereocenters. The highest BCUT2D eigenvalue weighted by Crippen LogP contribution is 2.65. The van der Waals surface area contributed by atoms with Crippen LogP contribution in [-0.2, 0) is 37.9 Å². The number of azide groups is 1. The van der Waals surface area contributed by atoms with E-state index in [4.69, 9.17) is 19.7 Å². The smallest absolute Gasteiger partial charge is 0.300 e. The number of allylic oxidation sites excluding steroid dienone is 1. The number of non-ortho nitro benzene ring substituents is 1. The van der Waals surface area contributed by atoms with Crippen LogP contribution in [0, 0.1) is 27.4 Å². The third kappa shape index (κ3) is 15.0. The maximum Gasteiger partial charge on any atom is 0.300 e. The van der Waals surface area contributed by atoms with Gasteiger partial charge in [0.2, 0.25) is 11.4 Å². The first-order chi connectivity index (χ1) is 41.3. The Hall–Kier alpha value is -8.68. The first-order valence-corrected chi connectivity index (χ1v) is 30.2. The van der Waals surface area contributed by atoms with Crippen molar-refractivity contribution in [2.45, 2.75) is 115 Å². The number of hydrogen-bond acceptors (Lipinski definition) is 18. The molecule has 458 valence electrons. The quantitative estimate of drug-likeness (QED) is 0.00573. The highest BCUT2D eigenvalue weighted by atomic mass is 32.2. The van der Waals surface area contributed by atoms with Crippen molar-refractivity contribution in [1.82, 2.24) is 45.2 Å². The predicted molar refractivity (Wildman–Crippen MR) is 319 cm³/mol. The summed E-state index contributed by atoms with van der Waals surface area (Å²) in [6.07, 6.45) is 12.4. The summed E-state index contributed by atoms with van der Waals surface area (Å²) in [5.74, 6) is 0.966. The SMILES string of the molecule is COc1cc(C(C)(C)CCCCCCN=[N+]=[N-])cc(OC)c1[C@H]1C=C(CNC(=O)CCCCNC(=O)c2ccc(=O)n(S(=O)(=O)c3cccc(C(=O)NCCc4cn(CCOCCNc5ccc([N+](=O)[O-])c6nonc56)nn4)c3)c2)[C@H]2C[C@@H]1C2(C)C. The van der Waals surface area contributed by atoms with E-state index in [1.807, 2.05) is 0 Å². The summed E-state index contributed by atoms with van der Waals surface area (Å²) in [4.78, 5) is 65.9. The average Bonchev–Trinajstić information content (AvgIpc) is 0.859. The van der Waals surface area contributed by atoms with Crippen molar-refractivity contribution in [2.75, 3.05) is 65.5 Å². The molecule has 3 heterocycles. The Balaban J connectivity index is 0.761. The second kappa shape index (κ2) is 28.5. The van der Waals surface area contributed by atoms with Crippen LogP contribution in [0.15, 0.2) is 104 Å². The highest BCUT2D eigenvalue weighted by Gasteiger charge is 2.56. The lowest BCUT2D eigenvalue weighted by Gasteiger charge is -2.59. The van der Waals surface area contributed by atoms with E-state index in [1.54, 1.807) is 25.1 Å². The number of pyridine rings is 1. The van der Waals surface area contributed by atoms with E-state index in [-0.39, 0.29) is 74.9 Å². The lowest BCUT2D eigenvalue weighted by Crippen LogP contribution is -2.52. The van der Waals surface area contributed by atoms with E-state index in [1.165, 1.54) is 42.0 Å². The molecule has 3 aromatic heterocycles. The molecular formula is C59H74N14O12S. The van der Waals surface area contributed by atoms with Crippen molar-refractivity contribution < 1.29 is 46.6 Å². The summed E-state index contributed by atoms with van der Waals surface area (Å²) >= 11 is 0. The van der Waals surface area contributed by atoms with Gasteiger partial charge in [-0.2, -0.15) is 0 Å².